The molecule has 6 nitrogen and oxygen atoms in total. The van der Waals surface area contributed by atoms with E-state index in [1.54, 1.807) is 0 Å². The van der Waals surface area contributed by atoms with Crippen LogP contribution >= 0.6 is 0 Å². The fourth-order valence-corrected chi connectivity index (χ4v) is 4.44. The van der Waals surface area contributed by atoms with Crippen molar-refractivity contribution in [2.45, 2.75) is 40.3 Å². The predicted octanol–water partition coefficient (Wildman–Crippen LogP) is 3.83. The third kappa shape index (κ3) is 5.63. The first-order chi connectivity index (χ1) is 16.0. The molecule has 0 aliphatic carbocycles. The van der Waals surface area contributed by atoms with Gasteiger partial charge in [0.15, 0.2) is 0 Å². The summed E-state index contributed by atoms with van der Waals surface area (Å²) in [5, 5.41) is 4.83. The van der Waals surface area contributed by atoms with Crippen molar-refractivity contribution >= 4 is 5.91 Å². The SMILES string of the molecule is CCN1CCN(Cc2c(C)nn(Cc3ccccc3)c2C)CCOc2ccccc2CC1=O. The van der Waals surface area contributed by atoms with Crippen molar-refractivity contribution in [3.63, 3.8) is 0 Å². The van der Waals surface area contributed by atoms with Crippen molar-refractivity contribution in [1.29, 1.82) is 0 Å². The second-order valence-electron chi connectivity index (χ2n) is 8.68. The van der Waals surface area contributed by atoms with Gasteiger partial charge in [0.25, 0.3) is 0 Å². The van der Waals surface area contributed by atoms with Crippen LogP contribution in [0.5, 0.6) is 5.75 Å². The minimum atomic E-state index is 0.151. The van der Waals surface area contributed by atoms with Gasteiger partial charge in [-0.2, -0.15) is 5.10 Å². The zero-order chi connectivity index (χ0) is 23.2. The number of amides is 1. The number of carbonyl (C=O) groups is 1. The van der Waals surface area contributed by atoms with Gasteiger partial charge in [-0.15, -0.1) is 0 Å². The lowest BCUT2D eigenvalue weighted by Gasteiger charge is -2.26. The summed E-state index contributed by atoms with van der Waals surface area (Å²) >= 11 is 0. The van der Waals surface area contributed by atoms with Gasteiger partial charge in [0.2, 0.25) is 5.91 Å². The number of likely N-dealkylation sites (N-methyl/N-ethyl adjacent to an activating group) is 1. The fraction of sp³-hybridized carbons (Fsp3) is 0.407. The maximum Gasteiger partial charge on any atom is 0.227 e. The Balaban J connectivity index is 1.52. The Hall–Kier alpha value is -3.12. The van der Waals surface area contributed by atoms with Gasteiger partial charge in [0.05, 0.1) is 18.7 Å². The number of nitrogens with zero attached hydrogens (tertiary/aromatic N) is 4. The van der Waals surface area contributed by atoms with Crippen LogP contribution in [0.15, 0.2) is 54.6 Å². The van der Waals surface area contributed by atoms with Crippen molar-refractivity contribution in [3.05, 3.63) is 82.7 Å². The lowest BCUT2D eigenvalue weighted by atomic mass is 10.1. The van der Waals surface area contributed by atoms with E-state index < -0.39 is 0 Å². The van der Waals surface area contributed by atoms with Crippen LogP contribution in [0, 0.1) is 13.8 Å². The van der Waals surface area contributed by atoms with Crippen LogP contribution in [-0.4, -0.2) is 58.3 Å². The summed E-state index contributed by atoms with van der Waals surface area (Å²) in [6.07, 6.45) is 0.383. The fourth-order valence-electron chi connectivity index (χ4n) is 4.44. The second kappa shape index (κ2) is 10.7. The maximum absolute atomic E-state index is 12.9. The Kier molecular flexibility index (Phi) is 7.45. The molecule has 1 aromatic heterocycles. The van der Waals surface area contributed by atoms with Gasteiger partial charge < -0.3 is 9.64 Å². The molecular weight excluding hydrogens is 412 g/mol. The molecule has 2 aromatic carbocycles. The summed E-state index contributed by atoms with van der Waals surface area (Å²) < 4.78 is 8.21. The van der Waals surface area contributed by atoms with Gasteiger partial charge >= 0.3 is 0 Å². The highest BCUT2D eigenvalue weighted by Crippen LogP contribution is 2.21. The average molecular weight is 447 g/mol. The molecule has 3 aromatic rings. The Morgan fingerprint density at radius 3 is 2.48 bits per heavy atom. The Labute approximate surface area is 196 Å². The van der Waals surface area contributed by atoms with Crippen LogP contribution < -0.4 is 4.74 Å². The number of ether oxygens (including phenoxy) is 1. The molecule has 1 amide bonds. The van der Waals surface area contributed by atoms with Gasteiger partial charge in [-0.05, 0) is 32.4 Å². The standard InChI is InChI=1S/C27H34N4O2/c1-4-30-15-14-29(16-17-33-26-13-9-8-12-24(26)18-27(30)32)20-25-21(2)28-31(22(25)3)19-23-10-6-5-7-11-23/h5-13H,4,14-20H2,1-3H3. The molecule has 0 spiro atoms. The van der Waals surface area contributed by atoms with E-state index in [2.05, 4.69) is 47.7 Å². The third-order valence-electron chi connectivity index (χ3n) is 6.49. The summed E-state index contributed by atoms with van der Waals surface area (Å²) in [4.78, 5) is 17.3. The first kappa shape index (κ1) is 23.1. The monoisotopic (exact) mass is 446 g/mol. The second-order valence-corrected chi connectivity index (χ2v) is 8.68. The van der Waals surface area contributed by atoms with Gasteiger partial charge in [0, 0.05) is 49.5 Å². The quantitative estimate of drug-likeness (QED) is 0.598. The molecule has 6 heteroatoms. The van der Waals surface area contributed by atoms with E-state index in [1.165, 1.54) is 16.8 Å². The normalized spacial score (nSPS) is 15.6. The van der Waals surface area contributed by atoms with Crippen LogP contribution in [0.2, 0.25) is 0 Å². The molecule has 0 saturated heterocycles. The summed E-state index contributed by atoms with van der Waals surface area (Å²) in [7, 11) is 0. The molecule has 4 rings (SSSR count). The summed E-state index contributed by atoms with van der Waals surface area (Å²) in [5.74, 6) is 0.963. The zero-order valence-electron chi connectivity index (χ0n) is 20.0. The number of hydrogen-bond donors (Lipinski definition) is 0. The van der Waals surface area contributed by atoms with Gasteiger partial charge in [-0.25, -0.2) is 0 Å². The molecule has 0 saturated carbocycles. The molecule has 0 atom stereocenters. The van der Waals surface area contributed by atoms with E-state index in [-0.39, 0.29) is 5.91 Å². The highest BCUT2D eigenvalue weighted by molar-refractivity contribution is 5.79. The number of para-hydroxylation sites is 1. The van der Waals surface area contributed by atoms with E-state index in [4.69, 9.17) is 9.84 Å². The number of benzene rings is 2. The van der Waals surface area contributed by atoms with Crippen LogP contribution in [0.25, 0.3) is 0 Å². The molecule has 33 heavy (non-hydrogen) atoms. The molecular formula is C27H34N4O2. The Bertz CT molecular complexity index is 1080. The summed E-state index contributed by atoms with van der Waals surface area (Å²) in [6, 6.07) is 18.3. The van der Waals surface area contributed by atoms with Crippen molar-refractivity contribution in [1.82, 2.24) is 19.6 Å². The van der Waals surface area contributed by atoms with Crippen molar-refractivity contribution in [3.8, 4) is 5.75 Å². The number of hydrogen-bond acceptors (Lipinski definition) is 4. The molecule has 2 heterocycles. The third-order valence-corrected chi connectivity index (χ3v) is 6.49. The molecule has 174 valence electrons. The van der Waals surface area contributed by atoms with Crippen molar-refractivity contribution in [2.75, 3.05) is 32.8 Å². The minimum Gasteiger partial charge on any atom is -0.492 e. The van der Waals surface area contributed by atoms with E-state index in [1.807, 2.05) is 42.2 Å². The van der Waals surface area contributed by atoms with Crippen LogP contribution in [0.1, 0.15) is 35.0 Å². The highest BCUT2D eigenvalue weighted by Gasteiger charge is 2.20. The summed E-state index contributed by atoms with van der Waals surface area (Å²) in [6.45, 7) is 11.5. The molecule has 0 fully saturated rings. The number of rotatable bonds is 5. The minimum absolute atomic E-state index is 0.151. The van der Waals surface area contributed by atoms with Crippen molar-refractivity contribution in [2.24, 2.45) is 0 Å². The highest BCUT2D eigenvalue weighted by atomic mass is 16.5. The number of aryl methyl sites for hydroxylation is 1. The largest absolute Gasteiger partial charge is 0.492 e. The van der Waals surface area contributed by atoms with Gasteiger partial charge in [-0.3, -0.25) is 14.4 Å². The number of aromatic nitrogens is 2. The average Bonchev–Trinajstić information content (AvgIpc) is 3.06. The summed E-state index contributed by atoms with van der Waals surface area (Å²) in [5.41, 5.74) is 5.72. The molecule has 0 unspecified atom stereocenters. The molecule has 0 bridgehead atoms. The van der Waals surface area contributed by atoms with E-state index in [0.29, 0.717) is 26.1 Å². The zero-order valence-corrected chi connectivity index (χ0v) is 20.0. The van der Waals surface area contributed by atoms with Gasteiger partial charge in [-0.1, -0.05) is 48.5 Å². The van der Waals surface area contributed by atoms with Gasteiger partial charge in [0.1, 0.15) is 12.4 Å². The lowest BCUT2D eigenvalue weighted by molar-refractivity contribution is -0.130. The predicted molar refractivity (Wildman–Crippen MR) is 130 cm³/mol. The smallest absolute Gasteiger partial charge is 0.227 e. The molecule has 1 aliphatic heterocycles. The van der Waals surface area contributed by atoms with Crippen LogP contribution in [0.3, 0.4) is 0 Å². The van der Waals surface area contributed by atoms with Crippen LogP contribution in [0.4, 0.5) is 0 Å². The Morgan fingerprint density at radius 2 is 1.70 bits per heavy atom. The molecule has 1 aliphatic rings. The van der Waals surface area contributed by atoms with E-state index >= 15 is 0 Å². The molecule has 0 radical (unpaired) electrons. The number of fused-ring (bicyclic) bond motifs is 1. The van der Waals surface area contributed by atoms with E-state index in [0.717, 1.165) is 43.2 Å². The maximum atomic E-state index is 12.9. The number of carbonyl (C=O) groups excluding carboxylic acids is 1. The van der Waals surface area contributed by atoms with Crippen LogP contribution in [-0.2, 0) is 24.3 Å². The first-order valence-corrected chi connectivity index (χ1v) is 11.8. The molecule has 0 N–H and O–H groups in total. The van der Waals surface area contributed by atoms with E-state index in [9.17, 15) is 4.79 Å². The van der Waals surface area contributed by atoms with Crippen molar-refractivity contribution < 1.29 is 9.53 Å². The lowest BCUT2D eigenvalue weighted by Crippen LogP contribution is -2.40. The topological polar surface area (TPSA) is 50.6 Å². The first-order valence-electron chi connectivity index (χ1n) is 11.8. The Morgan fingerprint density at radius 1 is 0.939 bits per heavy atom.